The number of ether oxygens (including phenoxy) is 1. The lowest BCUT2D eigenvalue weighted by molar-refractivity contribution is -0.118. The Morgan fingerprint density at radius 3 is 2.57 bits per heavy atom. The molecule has 3 aromatic rings. The lowest BCUT2D eigenvalue weighted by Gasteiger charge is -2.21. The number of benzene rings is 2. The molecule has 1 heterocycles. The van der Waals surface area contributed by atoms with E-state index in [9.17, 15) is 13.2 Å². The number of imidazole rings is 1. The number of aromatic nitrogens is 2. The van der Waals surface area contributed by atoms with Crippen LogP contribution in [0.2, 0.25) is 0 Å². The van der Waals surface area contributed by atoms with Gasteiger partial charge in [0.15, 0.2) is 5.16 Å². The van der Waals surface area contributed by atoms with Gasteiger partial charge in [-0.25, -0.2) is 13.4 Å². The van der Waals surface area contributed by atoms with E-state index in [2.05, 4.69) is 5.32 Å². The molecule has 0 saturated heterocycles. The SMILES string of the molecule is CCN(CC)S(=O)(=O)c1ccc2c(c1)nc(SCC(=O)NCC1CCCCC1)n2-c1ccccc1OC. The fraction of sp³-hybridized carbons (Fsp3) is 0.481. The minimum atomic E-state index is -3.63. The summed E-state index contributed by atoms with van der Waals surface area (Å²) in [6.07, 6.45) is 6.12. The van der Waals surface area contributed by atoms with Crippen LogP contribution in [0.25, 0.3) is 16.7 Å². The monoisotopic (exact) mass is 544 g/mol. The second-order valence-electron chi connectivity index (χ2n) is 9.24. The van der Waals surface area contributed by atoms with Crippen molar-refractivity contribution in [2.45, 2.75) is 56.0 Å². The molecule has 1 aliphatic rings. The molecule has 37 heavy (non-hydrogen) atoms. The van der Waals surface area contributed by atoms with Crippen LogP contribution in [0.15, 0.2) is 52.5 Å². The van der Waals surface area contributed by atoms with Crippen molar-refractivity contribution in [2.24, 2.45) is 5.92 Å². The number of carbonyl (C=O) groups excluding carboxylic acids is 1. The molecule has 0 bridgehead atoms. The van der Waals surface area contributed by atoms with Crippen LogP contribution in [0.1, 0.15) is 46.0 Å². The molecule has 1 aromatic heterocycles. The van der Waals surface area contributed by atoms with E-state index in [-0.39, 0.29) is 16.6 Å². The van der Waals surface area contributed by atoms with Crippen molar-refractivity contribution in [2.75, 3.05) is 32.5 Å². The number of nitrogens with one attached hydrogen (secondary N) is 1. The van der Waals surface area contributed by atoms with Crippen LogP contribution in [-0.2, 0) is 14.8 Å². The largest absolute Gasteiger partial charge is 0.495 e. The van der Waals surface area contributed by atoms with Crippen LogP contribution in [0.5, 0.6) is 5.75 Å². The summed E-state index contributed by atoms with van der Waals surface area (Å²) >= 11 is 1.33. The molecule has 10 heteroatoms. The molecule has 0 spiro atoms. The summed E-state index contributed by atoms with van der Waals surface area (Å²) in [5, 5.41) is 3.69. The number of amides is 1. The Morgan fingerprint density at radius 1 is 1.14 bits per heavy atom. The van der Waals surface area contributed by atoms with Gasteiger partial charge >= 0.3 is 0 Å². The summed E-state index contributed by atoms with van der Waals surface area (Å²) in [6, 6.07) is 12.6. The van der Waals surface area contributed by atoms with Crippen molar-refractivity contribution in [3.63, 3.8) is 0 Å². The Balaban J connectivity index is 1.65. The van der Waals surface area contributed by atoms with Crippen molar-refractivity contribution in [1.82, 2.24) is 19.2 Å². The molecular formula is C27H36N4O4S2. The number of fused-ring (bicyclic) bond motifs is 1. The summed E-state index contributed by atoms with van der Waals surface area (Å²) in [7, 11) is -2.02. The number of para-hydroxylation sites is 2. The van der Waals surface area contributed by atoms with Gasteiger partial charge in [0, 0.05) is 19.6 Å². The first-order chi connectivity index (χ1) is 17.9. The molecule has 8 nitrogen and oxygen atoms in total. The minimum Gasteiger partial charge on any atom is -0.495 e. The van der Waals surface area contributed by atoms with Gasteiger partial charge in [0.25, 0.3) is 0 Å². The smallest absolute Gasteiger partial charge is 0.243 e. The fourth-order valence-electron chi connectivity index (χ4n) is 4.89. The predicted octanol–water partition coefficient (Wildman–Crippen LogP) is 4.85. The Kier molecular flexibility index (Phi) is 9.15. The van der Waals surface area contributed by atoms with Crippen molar-refractivity contribution in [3.05, 3.63) is 42.5 Å². The van der Waals surface area contributed by atoms with E-state index in [1.807, 2.05) is 42.7 Å². The van der Waals surface area contributed by atoms with E-state index in [4.69, 9.17) is 9.72 Å². The first kappa shape index (κ1) is 27.5. The number of carbonyl (C=O) groups is 1. The van der Waals surface area contributed by atoms with E-state index >= 15 is 0 Å². The van der Waals surface area contributed by atoms with Gasteiger partial charge in [0.1, 0.15) is 5.75 Å². The predicted molar refractivity (Wildman–Crippen MR) is 148 cm³/mol. The Labute approximate surface area is 223 Å². The number of rotatable bonds is 11. The molecular weight excluding hydrogens is 508 g/mol. The van der Waals surface area contributed by atoms with Gasteiger partial charge in [-0.3, -0.25) is 9.36 Å². The number of hydrogen-bond acceptors (Lipinski definition) is 6. The van der Waals surface area contributed by atoms with Crippen molar-refractivity contribution >= 4 is 38.7 Å². The summed E-state index contributed by atoms with van der Waals surface area (Å²) in [5.41, 5.74) is 2.06. The highest BCUT2D eigenvalue weighted by atomic mass is 32.2. The summed E-state index contributed by atoms with van der Waals surface area (Å²) < 4.78 is 35.2. The standard InChI is InChI=1S/C27H36N4O4S2/c1-4-30(5-2)37(33,34)21-15-16-23-22(17-21)29-27(31(23)24-13-9-10-14-25(24)35-3)36-19-26(32)28-18-20-11-7-6-8-12-20/h9-10,13-17,20H,4-8,11-12,18-19H2,1-3H3,(H,28,32). The number of hydrogen-bond donors (Lipinski definition) is 1. The summed E-state index contributed by atoms with van der Waals surface area (Å²) in [5.74, 6) is 1.41. The van der Waals surface area contributed by atoms with Crippen LogP contribution in [-0.4, -0.2) is 60.7 Å². The third kappa shape index (κ3) is 6.13. The zero-order valence-corrected chi connectivity index (χ0v) is 23.4. The number of thioether (sulfide) groups is 1. The molecule has 1 saturated carbocycles. The number of nitrogens with zero attached hydrogens (tertiary/aromatic N) is 3. The van der Waals surface area contributed by atoms with E-state index in [1.54, 1.807) is 25.3 Å². The summed E-state index contributed by atoms with van der Waals surface area (Å²) in [4.78, 5) is 17.7. The number of methoxy groups -OCH3 is 1. The van der Waals surface area contributed by atoms with Crippen LogP contribution in [0.4, 0.5) is 0 Å². The van der Waals surface area contributed by atoms with Gasteiger partial charge in [-0.15, -0.1) is 0 Å². The van der Waals surface area contributed by atoms with Crippen molar-refractivity contribution < 1.29 is 17.9 Å². The Hall–Kier alpha value is -2.56. The van der Waals surface area contributed by atoms with Crippen LogP contribution < -0.4 is 10.1 Å². The van der Waals surface area contributed by atoms with E-state index in [1.165, 1.54) is 48.2 Å². The van der Waals surface area contributed by atoms with Gasteiger partial charge in [-0.2, -0.15) is 4.31 Å². The average molecular weight is 545 g/mol. The second-order valence-corrected chi connectivity index (χ2v) is 12.1. The molecule has 0 unspecified atom stereocenters. The summed E-state index contributed by atoms with van der Waals surface area (Å²) in [6.45, 7) is 5.15. The quantitative estimate of drug-likeness (QED) is 0.347. The molecule has 4 rings (SSSR count). The van der Waals surface area contributed by atoms with E-state index in [0.717, 1.165) is 17.7 Å². The second kappa shape index (κ2) is 12.3. The topological polar surface area (TPSA) is 93.5 Å². The third-order valence-corrected chi connectivity index (χ3v) is 9.89. The maximum absolute atomic E-state index is 13.1. The third-order valence-electron chi connectivity index (χ3n) is 6.91. The molecule has 0 aliphatic heterocycles. The van der Waals surface area contributed by atoms with Gasteiger partial charge in [0.2, 0.25) is 15.9 Å². The normalized spacial score (nSPS) is 14.8. The lowest BCUT2D eigenvalue weighted by Crippen LogP contribution is -2.31. The van der Waals surface area contributed by atoms with Crippen LogP contribution >= 0.6 is 11.8 Å². The molecule has 200 valence electrons. The highest BCUT2D eigenvalue weighted by molar-refractivity contribution is 7.99. The Bertz CT molecular complexity index is 1330. The molecule has 1 fully saturated rings. The first-order valence-electron chi connectivity index (χ1n) is 12.9. The van der Waals surface area contributed by atoms with Crippen molar-refractivity contribution in [1.29, 1.82) is 0 Å². The average Bonchev–Trinajstić information content (AvgIpc) is 3.29. The van der Waals surface area contributed by atoms with Crippen LogP contribution in [0, 0.1) is 5.92 Å². The minimum absolute atomic E-state index is 0.0287. The highest BCUT2D eigenvalue weighted by Gasteiger charge is 2.24. The van der Waals surface area contributed by atoms with E-state index in [0.29, 0.717) is 35.4 Å². The number of sulfonamides is 1. The molecule has 1 N–H and O–H groups in total. The van der Waals surface area contributed by atoms with Crippen molar-refractivity contribution in [3.8, 4) is 11.4 Å². The zero-order valence-electron chi connectivity index (χ0n) is 21.8. The zero-order chi connectivity index (χ0) is 26.4. The highest BCUT2D eigenvalue weighted by Crippen LogP contribution is 2.34. The molecule has 0 radical (unpaired) electrons. The Morgan fingerprint density at radius 2 is 1.86 bits per heavy atom. The van der Waals surface area contributed by atoms with Gasteiger partial charge in [-0.1, -0.05) is 57.0 Å². The first-order valence-corrected chi connectivity index (χ1v) is 15.4. The van der Waals surface area contributed by atoms with Gasteiger partial charge < -0.3 is 10.1 Å². The van der Waals surface area contributed by atoms with E-state index < -0.39 is 10.0 Å². The van der Waals surface area contributed by atoms with Gasteiger partial charge in [0.05, 0.1) is 34.5 Å². The van der Waals surface area contributed by atoms with Gasteiger partial charge in [-0.05, 0) is 49.1 Å². The maximum Gasteiger partial charge on any atom is 0.243 e. The maximum atomic E-state index is 13.1. The lowest BCUT2D eigenvalue weighted by atomic mass is 9.89. The molecule has 1 aliphatic carbocycles. The van der Waals surface area contributed by atoms with Crippen LogP contribution in [0.3, 0.4) is 0 Å². The fourth-order valence-corrected chi connectivity index (χ4v) is 7.22. The molecule has 2 aromatic carbocycles. The molecule has 1 amide bonds. The molecule has 0 atom stereocenters.